The molecule has 3 rings (SSSR count). The minimum absolute atomic E-state index is 0.0777. The van der Waals surface area contributed by atoms with E-state index < -0.39 is 0 Å². The largest absolute Gasteiger partial charge is 0.483 e. The third kappa shape index (κ3) is 4.26. The monoisotopic (exact) mass is 361 g/mol. The fourth-order valence-corrected chi connectivity index (χ4v) is 2.91. The Morgan fingerprint density at radius 2 is 2.04 bits per heavy atom. The Kier molecular flexibility index (Phi) is 5.71. The highest BCUT2D eigenvalue weighted by Crippen LogP contribution is 2.26. The Morgan fingerprint density at radius 1 is 1.22 bits per heavy atom. The van der Waals surface area contributed by atoms with E-state index in [4.69, 9.17) is 4.74 Å². The van der Waals surface area contributed by atoms with Gasteiger partial charge in [-0.05, 0) is 36.6 Å². The van der Waals surface area contributed by atoms with Crippen molar-refractivity contribution in [3.8, 4) is 5.75 Å². The average molecular weight is 361 g/mol. The summed E-state index contributed by atoms with van der Waals surface area (Å²) < 4.78 is 7.61. The van der Waals surface area contributed by atoms with Gasteiger partial charge in [-0.15, -0.1) is 0 Å². The van der Waals surface area contributed by atoms with Crippen LogP contribution in [-0.2, 0) is 11.2 Å². The number of hydrogen-bond donors (Lipinski definition) is 1. The number of imidazole rings is 1. The van der Waals surface area contributed by atoms with Crippen molar-refractivity contribution in [2.45, 2.75) is 20.3 Å². The van der Waals surface area contributed by atoms with Crippen LogP contribution in [0.25, 0.3) is 5.70 Å². The van der Waals surface area contributed by atoms with Crippen LogP contribution in [-0.4, -0.2) is 22.1 Å². The van der Waals surface area contributed by atoms with Gasteiger partial charge in [0.1, 0.15) is 5.75 Å². The number of nitrogens with one attached hydrogen (secondary N) is 1. The molecule has 0 saturated carbocycles. The molecule has 5 nitrogen and oxygen atoms in total. The molecule has 0 aliphatic heterocycles. The summed E-state index contributed by atoms with van der Waals surface area (Å²) in [6, 6.07) is 13.5. The summed E-state index contributed by atoms with van der Waals surface area (Å²) in [6.07, 6.45) is 6.04. The minimum Gasteiger partial charge on any atom is -0.483 e. The number of nitrogens with zero attached hydrogens (tertiary/aromatic N) is 2. The van der Waals surface area contributed by atoms with E-state index in [9.17, 15) is 4.79 Å². The minimum atomic E-state index is -0.193. The molecule has 2 aromatic carbocycles. The highest BCUT2D eigenvalue weighted by Gasteiger charge is 2.12. The molecule has 0 atom stereocenters. The van der Waals surface area contributed by atoms with E-state index in [0.29, 0.717) is 5.75 Å². The van der Waals surface area contributed by atoms with Gasteiger partial charge in [-0.3, -0.25) is 4.79 Å². The lowest BCUT2D eigenvalue weighted by molar-refractivity contribution is -0.118. The second-order valence-electron chi connectivity index (χ2n) is 6.21. The quantitative estimate of drug-likeness (QED) is 0.683. The van der Waals surface area contributed by atoms with E-state index >= 15 is 0 Å². The summed E-state index contributed by atoms with van der Waals surface area (Å²) in [5, 5.41) is 2.97. The third-order valence-electron chi connectivity index (χ3n) is 4.38. The molecule has 0 fully saturated rings. The van der Waals surface area contributed by atoms with Gasteiger partial charge in [-0.1, -0.05) is 43.8 Å². The van der Waals surface area contributed by atoms with Crippen LogP contribution < -0.4 is 10.1 Å². The predicted molar refractivity (Wildman–Crippen MR) is 108 cm³/mol. The Balaban J connectivity index is 1.71. The maximum Gasteiger partial charge on any atom is 0.262 e. The molecule has 0 spiro atoms. The molecule has 138 valence electrons. The number of aryl methyl sites for hydroxylation is 2. The molecule has 27 heavy (non-hydrogen) atoms. The van der Waals surface area contributed by atoms with Gasteiger partial charge in [-0.2, -0.15) is 0 Å². The summed E-state index contributed by atoms with van der Waals surface area (Å²) in [5.74, 6) is 0.411. The summed E-state index contributed by atoms with van der Waals surface area (Å²) in [4.78, 5) is 16.5. The topological polar surface area (TPSA) is 56.1 Å². The number of rotatable bonds is 7. The zero-order valence-electron chi connectivity index (χ0n) is 15.6. The Bertz CT molecular complexity index is 946. The number of benzene rings is 2. The zero-order chi connectivity index (χ0) is 19.2. The van der Waals surface area contributed by atoms with Crippen LogP contribution >= 0.6 is 0 Å². The number of anilines is 1. The maximum absolute atomic E-state index is 12.4. The standard InChI is InChI=1S/C22H23N3O2/c1-4-18-9-7-8-16(2)22(18)24-21(26)14-27-20-11-6-5-10-19(20)17(3)25-13-12-23-15-25/h5-13,15H,3-4,14H2,1-2H3,(H,24,26). The predicted octanol–water partition coefficient (Wildman–Crippen LogP) is 4.29. The summed E-state index contributed by atoms with van der Waals surface area (Å²) >= 11 is 0. The third-order valence-corrected chi connectivity index (χ3v) is 4.38. The van der Waals surface area contributed by atoms with Crippen molar-refractivity contribution in [2.24, 2.45) is 0 Å². The molecule has 0 unspecified atom stereocenters. The molecular weight excluding hydrogens is 338 g/mol. The van der Waals surface area contributed by atoms with E-state index in [-0.39, 0.29) is 12.5 Å². The highest BCUT2D eigenvalue weighted by molar-refractivity contribution is 5.93. The Hall–Kier alpha value is -3.34. The number of carbonyl (C=O) groups excluding carboxylic acids is 1. The number of carbonyl (C=O) groups is 1. The normalized spacial score (nSPS) is 10.4. The van der Waals surface area contributed by atoms with E-state index in [1.165, 1.54) is 0 Å². The number of hydrogen-bond acceptors (Lipinski definition) is 3. The molecule has 0 aliphatic carbocycles. The molecule has 0 aliphatic rings. The van der Waals surface area contributed by atoms with Gasteiger partial charge >= 0.3 is 0 Å². The van der Waals surface area contributed by atoms with E-state index in [1.54, 1.807) is 12.5 Å². The molecule has 5 heteroatoms. The lowest BCUT2D eigenvalue weighted by atomic mass is 10.1. The van der Waals surface area contributed by atoms with Crippen molar-refractivity contribution in [2.75, 3.05) is 11.9 Å². The number of amides is 1. The first kappa shape index (κ1) is 18.5. The van der Waals surface area contributed by atoms with Crippen LogP contribution in [0.4, 0.5) is 5.69 Å². The van der Waals surface area contributed by atoms with Crippen molar-refractivity contribution in [1.82, 2.24) is 9.55 Å². The second kappa shape index (κ2) is 8.36. The Labute approximate surface area is 159 Å². The van der Waals surface area contributed by atoms with Crippen LogP contribution in [0.2, 0.25) is 0 Å². The van der Waals surface area contributed by atoms with Crippen LogP contribution in [0, 0.1) is 6.92 Å². The molecular formula is C22H23N3O2. The lowest BCUT2D eigenvalue weighted by Gasteiger charge is -2.15. The molecule has 0 radical (unpaired) electrons. The van der Waals surface area contributed by atoms with Crippen LogP contribution in [0.5, 0.6) is 5.75 Å². The van der Waals surface area contributed by atoms with Crippen LogP contribution in [0.1, 0.15) is 23.6 Å². The summed E-state index contributed by atoms with van der Waals surface area (Å²) in [7, 11) is 0. The van der Waals surface area contributed by atoms with Gasteiger partial charge in [0.2, 0.25) is 0 Å². The molecule has 1 amide bonds. The molecule has 0 bridgehead atoms. The van der Waals surface area contributed by atoms with Gasteiger partial charge in [0.15, 0.2) is 6.61 Å². The second-order valence-corrected chi connectivity index (χ2v) is 6.21. The SMILES string of the molecule is C=C(c1ccccc1OCC(=O)Nc1c(C)cccc1CC)n1ccnc1. The van der Waals surface area contributed by atoms with Crippen molar-refractivity contribution < 1.29 is 9.53 Å². The number of aromatic nitrogens is 2. The zero-order valence-corrected chi connectivity index (χ0v) is 15.6. The van der Waals surface area contributed by atoms with Gasteiger partial charge < -0.3 is 14.6 Å². The summed E-state index contributed by atoms with van der Waals surface area (Å²) in [5.41, 5.74) is 4.56. The number of ether oxygens (including phenoxy) is 1. The first-order valence-corrected chi connectivity index (χ1v) is 8.88. The number of para-hydroxylation sites is 2. The Morgan fingerprint density at radius 3 is 2.78 bits per heavy atom. The van der Waals surface area contributed by atoms with Crippen molar-refractivity contribution >= 4 is 17.3 Å². The van der Waals surface area contributed by atoms with Gasteiger partial charge in [0.25, 0.3) is 5.91 Å². The van der Waals surface area contributed by atoms with E-state index in [2.05, 4.69) is 23.8 Å². The van der Waals surface area contributed by atoms with Crippen molar-refractivity contribution in [3.05, 3.63) is 84.5 Å². The first-order valence-electron chi connectivity index (χ1n) is 8.88. The van der Waals surface area contributed by atoms with Gasteiger partial charge in [-0.25, -0.2) is 4.98 Å². The van der Waals surface area contributed by atoms with Gasteiger partial charge in [0, 0.05) is 23.6 Å². The molecule has 3 aromatic rings. The first-order chi connectivity index (χ1) is 13.1. The molecule has 1 aromatic heterocycles. The fraction of sp³-hybridized carbons (Fsp3) is 0.182. The highest BCUT2D eigenvalue weighted by atomic mass is 16.5. The molecule has 0 saturated heterocycles. The maximum atomic E-state index is 12.4. The van der Waals surface area contributed by atoms with E-state index in [0.717, 1.165) is 34.5 Å². The summed E-state index contributed by atoms with van der Waals surface area (Å²) in [6.45, 7) is 8.08. The van der Waals surface area contributed by atoms with Crippen LogP contribution in [0.3, 0.4) is 0 Å². The van der Waals surface area contributed by atoms with E-state index in [1.807, 2.05) is 60.2 Å². The van der Waals surface area contributed by atoms with Crippen molar-refractivity contribution in [3.63, 3.8) is 0 Å². The average Bonchev–Trinajstić information content (AvgIpc) is 3.22. The molecule has 1 N–H and O–H groups in total. The molecule has 1 heterocycles. The fourth-order valence-electron chi connectivity index (χ4n) is 2.91. The lowest BCUT2D eigenvalue weighted by Crippen LogP contribution is -2.22. The van der Waals surface area contributed by atoms with Crippen molar-refractivity contribution in [1.29, 1.82) is 0 Å². The smallest absolute Gasteiger partial charge is 0.262 e. The van der Waals surface area contributed by atoms with Gasteiger partial charge in [0.05, 0.1) is 12.0 Å². The van der Waals surface area contributed by atoms with Crippen LogP contribution in [0.15, 0.2) is 67.8 Å².